The van der Waals surface area contributed by atoms with Gasteiger partial charge in [-0.1, -0.05) is 27.5 Å². The van der Waals surface area contributed by atoms with Gasteiger partial charge in [0.25, 0.3) is 0 Å². The zero-order valence-electron chi connectivity index (χ0n) is 8.58. The van der Waals surface area contributed by atoms with E-state index in [4.69, 9.17) is 21.8 Å². The highest BCUT2D eigenvalue weighted by Gasteiger charge is 2.12. The van der Waals surface area contributed by atoms with Gasteiger partial charge in [0.15, 0.2) is 5.76 Å². The van der Waals surface area contributed by atoms with E-state index in [2.05, 4.69) is 20.9 Å². The first kappa shape index (κ1) is 11.6. The molecule has 84 valence electrons. The highest BCUT2D eigenvalue weighted by Crippen LogP contribution is 2.31. The molecule has 0 aliphatic rings. The lowest BCUT2D eigenvalue weighted by Gasteiger charge is -2.01. The Bertz CT molecular complexity index is 510. The van der Waals surface area contributed by atoms with E-state index in [0.717, 1.165) is 10.0 Å². The average Bonchev–Trinajstić information content (AvgIpc) is 2.66. The van der Waals surface area contributed by atoms with Crippen molar-refractivity contribution in [1.29, 1.82) is 0 Å². The van der Waals surface area contributed by atoms with Crippen molar-refractivity contribution in [2.45, 2.75) is 13.0 Å². The molecule has 0 aliphatic heterocycles. The number of nitrogens with two attached hydrogens (primary N) is 1. The number of oxazole rings is 1. The summed E-state index contributed by atoms with van der Waals surface area (Å²) >= 11 is 9.45. The molecule has 1 atom stereocenters. The van der Waals surface area contributed by atoms with Crippen LogP contribution in [0.1, 0.15) is 18.9 Å². The SMILES string of the molecule is CC(N)c1ncc(-c2ccc(Br)cc2Cl)o1. The maximum absolute atomic E-state index is 6.10. The quantitative estimate of drug-likeness (QED) is 0.918. The molecule has 0 spiro atoms. The van der Waals surface area contributed by atoms with Crippen molar-refractivity contribution in [3.05, 3.63) is 39.8 Å². The van der Waals surface area contributed by atoms with E-state index in [1.807, 2.05) is 25.1 Å². The molecule has 1 unspecified atom stereocenters. The Balaban J connectivity index is 2.42. The molecule has 2 rings (SSSR count). The van der Waals surface area contributed by atoms with Crippen LogP contribution in [0.15, 0.2) is 33.3 Å². The number of aromatic nitrogens is 1. The Hall–Kier alpha value is -0.840. The fraction of sp³-hybridized carbons (Fsp3) is 0.182. The molecule has 0 saturated carbocycles. The first-order valence-corrected chi connectivity index (χ1v) is 5.92. The summed E-state index contributed by atoms with van der Waals surface area (Å²) in [5, 5.41) is 0.613. The van der Waals surface area contributed by atoms with E-state index in [-0.39, 0.29) is 6.04 Å². The molecule has 0 saturated heterocycles. The highest BCUT2D eigenvalue weighted by molar-refractivity contribution is 9.10. The van der Waals surface area contributed by atoms with Gasteiger partial charge in [-0.3, -0.25) is 0 Å². The predicted octanol–water partition coefficient (Wildman–Crippen LogP) is 3.78. The van der Waals surface area contributed by atoms with E-state index in [1.54, 1.807) is 6.20 Å². The molecule has 0 amide bonds. The summed E-state index contributed by atoms with van der Waals surface area (Å²) in [6.45, 7) is 1.82. The Labute approximate surface area is 107 Å². The molecular formula is C11H10BrClN2O. The van der Waals surface area contributed by atoms with Crippen molar-refractivity contribution in [2.24, 2.45) is 5.73 Å². The number of benzene rings is 1. The second-order valence-corrected chi connectivity index (χ2v) is 4.80. The average molecular weight is 302 g/mol. The Morgan fingerprint density at radius 2 is 2.25 bits per heavy atom. The van der Waals surface area contributed by atoms with Crippen LogP contribution in [0.25, 0.3) is 11.3 Å². The van der Waals surface area contributed by atoms with Gasteiger partial charge in [-0.25, -0.2) is 4.98 Å². The fourth-order valence-corrected chi connectivity index (χ4v) is 2.08. The van der Waals surface area contributed by atoms with Crippen LogP contribution < -0.4 is 5.73 Å². The second kappa shape index (κ2) is 4.57. The molecule has 1 heterocycles. The monoisotopic (exact) mass is 300 g/mol. The zero-order valence-corrected chi connectivity index (χ0v) is 10.9. The number of halogens is 2. The van der Waals surface area contributed by atoms with E-state index >= 15 is 0 Å². The third-order valence-electron chi connectivity index (χ3n) is 2.11. The lowest BCUT2D eigenvalue weighted by molar-refractivity contribution is 0.474. The summed E-state index contributed by atoms with van der Waals surface area (Å²) in [4.78, 5) is 4.09. The molecule has 0 bridgehead atoms. The van der Waals surface area contributed by atoms with Gasteiger partial charge in [0.1, 0.15) is 0 Å². The third-order valence-corrected chi connectivity index (χ3v) is 2.92. The molecule has 0 radical (unpaired) electrons. The molecule has 1 aromatic carbocycles. The number of hydrogen-bond acceptors (Lipinski definition) is 3. The van der Waals surface area contributed by atoms with Crippen molar-refractivity contribution in [3.8, 4) is 11.3 Å². The standard InChI is InChI=1S/C11H10BrClN2O/c1-6(14)11-15-5-10(16-11)8-3-2-7(12)4-9(8)13/h2-6H,14H2,1H3. The van der Waals surface area contributed by atoms with Gasteiger partial charge in [0.2, 0.25) is 5.89 Å². The van der Waals surface area contributed by atoms with Crippen LogP contribution in [0.3, 0.4) is 0 Å². The second-order valence-electron chi connectivity index (χ2n) is 3.48. The van der Waals surface area contributed by atoms with Crippen LogP contribution in [-0.4, -0.2) is 4.98 Å². The molecule has 2 aromatic rings. The van der Waals surface area contributed by atoms with Gasteiger partial charge in [0.05, 0.1) is 17.3 Å². The molecule has 0 fully saturated rings. The Morgan fingerprint density at radius 1 is 1.50 bits per heavy atom. The van der Waals surface area contributed by atoms with Crippen LogP contribution in [0, 0.1) is 0 Å². The summed E-state index contributed by atoms with van der Waals surface area (Å²) in [5.41, 5.74) is 6.48. The highest BCUT2D eigenvalue weighted by atomic mass is 79.9. The lowest BCUT2D eigenvalue weighted by atomic mass is 10.2. The maximum atomic E-state index is 6.10. The van der Waals surface area contributed by atoms with Crippen molar-refractivity contribution in [1.82, 2.24) is 4.98 Å². The van der Waals surface area contributed by atoms with Gasteiger partial charge >= 0.3 is 0 Å². The molecule has 0 aliphatic carbocycles. The van der Waals surface area contributed by atoms with Gasteiger partial charge in [-0.15, -0.1) is 0 Å². The van der Waals surface area contributed by atoms with Crippen molar-refractivity contribution < 1.29 is 4.42 Å². The maximum Gasteiger partial charge on any atom is 0.211 e. The Kier molecular flexibility index (Phi) is 3.33. The van der Waals surface area contributed by atoms with E-state index in [0.29, 0.717) is 16.7 Å². The van der Waals surface area contributed by atoms with Gasteiger partial charge in [0, 0.05) is 10.0 Å². The van der Waals surface area contributed by atoms with E-state index in [1.165, 1.54) is 0 Å². The van der Waals surface area contributed by atoms with Crippen molar-refractivity contribution in [2.75, 3.05) is 0 Å². The van der Waals surface area contributed by atoms with E-state index < -0.39 is 0 Å². The summed E-state index contributed by atoms with van der Waals surface area (Å²) in [6, 6.07) is 5.36. The smallest absolute Gasteiger partial charge is 0.211 e. The number of rotatable bonds is 2. The van der Waals surface area contributed by atoms with Gasteiger partial charge in [-0.05, 0) is 25.1 Å². The number of hydrogen-bond donors (Lipinski definition) is 1. The topological polar surface area (TPSA) is 52.0 Å². The molecule has 3 nitrogen and oxygen atoms in total. The largest absolute Gasteiger partial charge is 0.439 e. The molecule has 16 heavy (non-hydrogen) atoms. The van der Waals surface area contributed by atoms with Crippen LogP contribution in [0.2, 0.25) is 5.02 Å². The minimum absolute atomic E-state index is 0.219. The Morgan fingerprint density at radius 3 is 2.81 bits per heavy atom. The van der Waals surface area contributed by atoms with E-state index in [9.17, 15) is 0 Å². The third kappa shape index (κ3) is 2.29. The molecule has 5 heteroatoms. The minimum atomic E-state index is -0.219. The normalized spacial score (nSPS) is 12.8. The van der Waals surface area contributed by atoms with Crippen LogP contribution in [0.5, 0.6) is 0 Å². The predicted molar refractivity (Wildman–Crippen MR) is 67.3 cm³/mol. The van der Waals surface area contributed by atoms with Crippen LogP contribution in [-0.2, 0) is 0 Å². The molecule has 1 aromatic heterocycles. The summed E-state index contributed by atoms with van der Waals surface area (Å²) < 4.78 is 6.44. The van der Waals surface area contributed by atoms with Gasteiger partial charge < -0.3 is 10.2 Å². The molecular weight excluding hydrogens is 291 g/mol. The zero-order chi connectivity index (χ0) is 11.7. The minimum Gasteiger partial charge on any atom is -0.439 e. The fourth-order valence-electron chi connectivity index (χ4n) is 1.31. The van der Waals surface area contributed by atoms with Crippen LogP contribution in [0.4, 0.5) is 0 Å². The first-order valence-electron chi connectivity index (χ1n) is 4.74. The summed E-state index contributed by atoms with van der Waals surface area (Å²) in [5.74, 6) is 1.14. The lowest BCUT2D eigenvalue weighted by Crippen LogP contribution is -2.04. The summed E-state index contributed by atoms with van der Waals surface area (Å²) in [7, 11) is 0. The number of nitrogens with zero attached hydrogens (tertiary/aromatic N) is 1. The van der Waals surface area contributed by atoms with Crippen LogP contribution >= 0.6 is 27.5 Å². The van der Waals surface area contributed by atoms with Crippen molar-refractivity contribution in [3.63, 3.8) is 0 Å². The summed E-state index contributed by atoms with van der Waals surface area (Å²) in [6.07, 6.45) is 1.63. The van der Waals surface area contributed by atoms with Gasteiger partial charge in [-0.2, -0.15) is 0 Å². The molecule has 2 N–H and O–H groups in total. The van der Waals surface area contributed by atoms with Crippen molar-refractivity contribution >= 4 is 27.5 Å². The first-order chi connectivity index (χ1) is 7.58.